The Morgan fingerprint density at radius 3 is 2.61 bits per heavy atom. The van der Waals surface area contributed by atoms with E-state index in [1.807, 2.05) is 30.3 Å². The van der Waals surface area contributed by atoms with Gasteiger partial charge in [0.2, 0.25) is 0 Å². The van der Waals surface area contributed by atoms with Gasteiger partial charge in [0.1, 0.15) is 5.82 Å². The van der Waals surface area contributed by atoms with Gasteiger partial charge in [-0.2, -0.15) is 5.10 Å². The van der Waals surface area contributed by atoms with Gasteiger partial charge < -0.3 is 14.5 Å². The molecular weight excluding hydrogens is 392 g/mol. The largest absolute Gasteiger partial charge is 0.493 e. The van der Waals surface area contributed by atoms with Crippen LogP contribution in [0.4, 0.5) is 0 Å². The van der Waals surface area contributed by atoms with Crippen LogP contribution in [0.5, 0.6) is 11.5 Å². The van der Waals surface area contributed by atoms with Crippen molar-refractivity contribution in [3.8, 4) is 11.5 Å². The summed E-state index contributed by atoms with van der Waals surface area (Å²) in [5.74, 6) is 1.76. The second-order valence-corrected chi connectivity index (χ2v) is 6.89. The van der Waals surface area contributed by atoms with E-state index in [2.05, 4.69) is 32.6 Å². The quantitative estimate of drug-likeness (QED) is 0.354. The summed E-state index contributed by atoms with van der Waals surface area (Å²) in [4.78, 5) is 20.4. The van der Waals surface area contributed by atoms with Crippen LogP contribution in [0, 0.1) is 0 Å². The molecule has 4 rings (SSSR count). The average Bonchev–Trinajstić information content (AvgIpc) is 3.20. The molecule has 7 heteroatoms. The molecule has 7 nitrogen and oxygen atoms in total. The lowest BCUT2D eigenvalue weighted by molar-refractivity contribution is 0.0955. The van der Waals surface area contributed by atoms with Gasteiger partial charge in [0.25, 0.3) is 5.91 Å². The van der Waals surface area contributed by atoms with Crippen LogP contribution in [-0.2, 0) is 6.42 Å². The van der Waals surface area contributed by atoms with Crippen molar-refractivity contribution in [1.29, 1.82) is 0 Å². The highest BCUT2D eigenvalue weighted by Gasteiger charge is 2.09. The Kier molecular flexibility index (Phi) is 5.93. The normalized spacial score (nSPS) is 11.0. The number of ether oxygens (including phenoxy) is 2. The predicted molar refractivity (Wildman–Crippen MR) is 120 cm³/mol. The molecule has 156 valence electrons. The van der Waals surface area contributed by atoms with E-state index >= 15 is 0 Å². The van der Waals surface area contributed by atoms with Gasteiger partial charge in [-0.05, 0) is 47.5 Å². The van der Waals surface area contributed by atoms with Gasteiger partial charge >= 0.3 is 0 Å². The van der Waals surface area contributed by atoms with Crippen LogP contribution in [0.3, 0.4) is 0 Å². The Morgan fingerprint density at radius 1 is 1.03 bits per heavy atom. The standard InChI is InChI=1S/C24H22N4O3/c1-30-21-11-8-17(12-22(21)31-2)15-25-28-24(29)18-9-10-19-20(14-18)27-23(26-19)13-16-6-4-3-5-7-16/h3-12,14-15H,13H2,1-2H3,(H,26,27)(H,28,29)/b25-15-. The molecule has 2 N–H and O–H groups in total. The van der Waals surface area contributed by atoms with Crippen molar-refractivity contribution in [2.45, 2.75) is 6.42 Å². The number of carbonyl (C=O) groups excluding carboxylic acids is 1. The lowest BCUT2D eigenvalue weighted by Crippen LogP contribution is -2.17. The number of hydrogen-bond acceptors (Lipinski definition) is 5. The Bertz CT molecular complexity index is 1230. The zero-order valence-corrected chi connectivity index (χ0v) is 17.3. The molecular formula is C24H22N4O3. The van der Waals surface area contributed by atoms with Crippen LogP contribution in [0.25, 0.3) is 11.0 Å². The molecule has 0 aliphatic rings. The number of nitrogens with one attached hydrogen (secondary N) is 2. The van der Waals surface area contributed by atoms with Crippen LogP contribution < -0.4 is 14.9 Å². The van der Waals surface area contributed by atoms with Crippen molar-refractivity contribution in [3.63, 3.8) is 0 Å². The number of hydrogen-bond donors (Lipinski definition) is 2. The molecule has 1 amide bonds. The molecule has 0 atom stereocenters. The van der Waals surface area contributed by atoms with Gasteiger partial charge in [-0.1, -0.05) is 30.3 Å². The van der Waals surface area contributed by atoms with Gasteiger partial charge in [0, 0.05) is 12.0 Å². The second kappa shape index (κ2) is 9.13. The number of imidazole rings is 1. The number of amides is 1. The topological polar surface area (TPSA) is 88.6 Å². The van der Waals surface area contributed by atoms with Gasteiger partial charge in [0.05, 0.1) is 31.5 Å². The van der Waals surface area contributed by atoms with E-state index in [4.69, 9.17) is 9.47 Å². The number of fused-ring (bicyclic) bond motifs is 1. The van der Waals surface area contributed by atoms with E-state index in [0.717, 1.165) is 22.4 Å². The summed E-state index contributed by atoms with van der Waals surface area (Å²) in [6.45, 7) is 0. The second-order valence-electron chi connectivity index (χ2n) is 6.89. The third-order valence-corrected chi connectivity index (χ3v) is 4.79. The van der Waals surface area contributed by atoms with Crippen molar-refractivity contribution in [2.75, 3.05) is 14.2 Å². The fraction of sp³-hybridized carbons (Fsp3) is 0.125. The van der Waals surface area contributed by atoms with E-state index in [-0.39, 0.29) is 5.91 Å². The van der Waals surface area contributed by atoms with Crippen molar-refractivity contribution in [1.82, 2.24) is 15.4 Å². The molecule has 0 radical (unpaired) electrons. The first-order valence-electron chi connectivity index (χ1n) is 9.74. The summed E-state index contributed by atoms with van der Waals surface area (Å²) in [5, 5.41) is 4.04. The SMILES string of the molecule is COc1ccc(/C=N\NC(=O)c2ccc3nc(Cc4ccccc4)[nH]c3c2)cc1OC. The molecule has 0 unspecified atom stereocenters. The molecule has 1 heterocycles. The minimum Gasteiger partial charge on any atom is -0.493 e. The lowest BCUT2D eigenvalue weighted by atomic mass is 10.1. The number of carbonyl (C=O) groups is 1. The maximum absolute atomic E-state index is 12.5. The zero-order valence-electron chi connectivity index (χ0n) is 17.3. The smallest absolute Gasteiger partial charge is 0.271 e. The third kappa shape index (κ3) is 4.72. The summed E-state index contributed by atoms with van der Waals surface area (Å²) >= 11 is 0. The van der Waals surface area contributed by atoms with Crippen LogP contribution in [-0.4, -0.2) is 36.3 Å². The first-order chi connectivity index (χ1) is 15.2. The van der Waals surface area contributed by atoms with Crippen molar-refractivity contribution in [3.05, 3.63) is 89.2 Å². The first kappa shape index (κ1) is 20.2. The number of H-pyrrole nitrogens is 1. The maximum Gasteiger partial charge on any atom is 0.271 e. The average molecular weight is 414 g/mol. The van der Waals surface area contributed by atoms with E-state index in [9.17, 15) is 4.79 Å². The molecule has 1 aromatic heterocycles. The van der Waals surface area contributed by atoms with Gasteiger partial charge in [0.15, 0.2) is 11.5 Å². The number of benzene rings is 3. The van der Waals surface area contributed by atoms with Crippen LogP contribution in [0.15, 0.2) is 71.8 Å². The van der Waals surface area contributed by atoms with Gasteiger partial charge in [-0.15, -0.1) is 0 Å². The molecule has 3 aromatic carbocycles. The highest BCUT2D eigenvalue weighted by atomic mass is 16.5. The highest BCUT2D eigenvalue weighted by molar-refractivity contribution is 5.97. The van der Waals surface area contributed by atoms with Crippen molar-refractivity contribution >= 4 is 23.2 Å². The predicted octanol–water partition coefficient (Wildman–Crippen LogP) is 3.93. The van der Waals surface area contributed by atoms with E-state index in [1.54, 1.807) is 44.7 Å². The van der Waals surface area contributed by atoms with Gasteiger partial charge in [-0.3, -0.25) is 4.79 Å². The highest BCUT2D eigenvalue weighted by Crippen LogP contribution is 2.26. The van der Waals surface area contributed by atoms with E-state index in [1.165, 1.54) is 5.56 Å². The molecule has 0 saturated heterocycles. The summed E-state index contributed by atoms with van der Waals surface area (Å²) in [5.41, 5.74) is 6.61. The molecule has 4 aromatic rings. The Balaban J connectivity index is 1.44. The number of aromatic nitrogens is 2. The zero-order chi connectivity index (χ0) is 21.6. The summed E-state index contributed by atoms with van der Waals surface area (Å²) in [6.07, 6.45) is 2.25. The monoisotopic (exact) mass is 414 g/mol. The van der Waals surface area contributed by atoms with Gasteiger partial charge in [-0.25, -0.2) is 10.4 Å². The fourth-order valence-electron chi connectivity index (χ4n) is 3.24. The third-order valence-electron chi connectivity index (χ3n) is 4.79. The molecule has 0 saturated carbocycles. The number of rotatable bonds is 7. The van der Waals surface area contributed by atoms with Crippen molar-refractivity contribution in [2.24, 2.45) is 5.10 Å². The number of hydrazone groups is 1. The van der Waals surface area contributed by atoms with Crippen molar-refractivity contribution < 1.29 is 14.3 Å². The summed E-state index contributed by atoms with van der Waals surface area (Å²) < 4.78 is 10.5. The Hall–Kier alpha value is -4.13. The first-order valence-corrected chi connectivity index (χ1v) is 9.74. The molecule has 31 heavy (non-hydrogen) atoms. The molecule has 0 bridgehead atoms. The van der Waals surface area contributed by atoms with E-state index < -0.39 is 0 Å². The molecule has 0 aliphatic carbocycles. The number of aromatic amines is 1. The minimum atomic E-state index is -0.308. The fourth-order valence-corrected chi connectivity index (χ4v) is 3.24. The minimum absolute atomic E-state index is 0.308. The molecule has 0 spiro atoms. The Morgan fingerprint density at radius 2 is 1.84 bits per heavy atom. The summed E-state index contributed by atoms with van der Waals surface area (Å²) in [7, 11) is 3.14. The van der Waals surface area contributed by atoms with Crippen LogP contribution >= 0.6 is 0 Å². The maximum atomic E-state index is 12.5. The lowest BCUT2D eigenvalue weighted by Gasteiger charge is -2.07. The van der Waals surface area contributed by atoms with Crippen LogP contribution in [0.2, 0.25) is 0 Å². The van der Waals surface area contributed by atoms with Crippen LogP contribution in [0.1, 0.15) is 27.3 Å². The number of nitrogens with zero attached hydrogens (tertiary/aromatic N) is 2. The Labute approximate surface area is 179 Å². The molecule has 0 fully saturated rings. The summed E-state index contributed by atoms with van der Waals surface area (Å²) in [6, 6.07) is 20.8. The number of methoxy groups -OCH3 is 2. The van der Waals surface area contributed by atoms with E-state index in [0.29, 0.717) is 23.5 Å². The molecule has 0 aliphatic heterocycles.